The molecular formula is C16H26N2O4S. The van der Waals surface area contributed by atoms with Crippen molar-refractivity contribution in [2.45, 2.75) is 54.1 Å². The van der Waals surface area contributed by atoms with Crippen molar-refractivity contribution in [3.63, 3.8) is 0 Å². The third-order valence-electron chi connectivity index (χ3n) is 2.64. The van der Waals surface area contributed by atoms with Crippen molar-refractivity contribution >= 4 is 28.5 Å². The van der Waals surface area contributed by atoms with Crippen LogP contribution in [0, 0.1) is 12.8 Å². The number of hydrogen-bond acceptors (Lipinski definition) is 6. The minimum atomic E-state index is -0.595. The van der Waals surface area contributed by atoms with Gasteiger partial charge in [0.1, 0.15) is 10.5 Å². The highest BCUT2D eigenvalue weighted by molar-refractivity contribution is 7.17. The summed E-state index contributed by atoms with van der Waals surface area (Å²) in [4.78, 5) is 30.7. The van der Waals surface area contributed by atoms with Gasteiger partial charge in [-0.25, -0.2) is 14.6 Å². The van der Waals surface area contributed by atoms with Crippen LogP contribution in [-0.4, -0.2) is 35.8 Å². The van der Waals surface area contributed by atoms with Gasteiger partial charge in [-0.15, -0.1) is 0 Å². The van der Waals surface area contributed by atoms with Crippen LogP contribution in [0.15, 0.2) is 0 Å². The molecule has 0 fully saturated rings. The molecular weight excluding hydrogens is 316 g/mol. The molecule has 0 aliphatic rings. The Morgan fingerprint density at radius 2 is 1.91 bits per heavy atom. The third-order valence-corrected chi connectivity index (χ3v) is 3.80. The van der Waals surface area contributed by atoms with Crippen molar-refractivity contribution in [3.05, 3.63) is 10.6 Å². The van der Waals surface area contributed by atoms with E-state index in [1.807, 2.05) is 34.6 Å². The van der Waals surface area contributed by atoms with E-state index in [9.17, 15) is 9.59 Å². The number of rotatable bonds is 5. The van der Waals surface area contributed by atoms with Gasteiger partial charge in [0.05, 0.1) is 12.3 Å². The van der Waals surface area contributed by atoms with Gasteiger partial charge in [-0.2, -0.15) is 0 Å². The van der Waals surface area contributed by atoms with Crippen molar-refractivity contribution in [1.82, 2.24) is 4.98 Å². The highest BCUT2D eigenvalue weighted by Gasteiger charge is 2.28. The maximum atomic E-state index is 12.5. The summed E-state index contributed by atoms with van der Waals surface area (Å²) in [6, 6.07) is 0. The zero-order valence-corrected chi connectivity index (χ0v) is 15.7. The van der Waals surface area contributed by atoms with Crippen LogP contribution in [0.3, 0.4) is 0 Å². The molecule has 0 atom stereocenters. The molecule has 0 aliphatic heterocycles. The van der Waals surface area contributed by atoms with E-state index in [4.69, 9.17) is 9.47 Å². The van der Waals surface area contributed by atoms with Gasteiger partial charge >= 0.3 is 12.1 Å². The molecule has 1 rings (SSSR count). The van der Waals surface area contributed by atoms with Crippen LogP contribution in [-0.2, 0) is 9.47 Å². The average molecular weight is 342 g/mol. The van der Waals surface area contributed by atoms with Crippen LogP contribution in [0.25, 0.3) is 0 Å². The zero-order chi connectivity index (χ0) is 17.8. The highest BCUT2D eigenvalue weighted by atomic mass is 32.1. The van der Waals surface area contributed by atoms with E-state index in [2.05, 4.69) is 4.98 Å². The summed E-state index contributed by atoms with van der Waals surface area (Å²) in [6.45, 7) is 13.7. The number of hydrogen-bond donors (Lipinski definition) is 0. The largest absolute Gasteiger partial charge is 0.462 e. The molecule has 1 aromatic rings. The molecule has 0 aromatic carbocycles. The van der Waals surface area contributed by atoms with Crippen LogP contribution >= 0.6 is 11.3 Å². The Morgan fingerprint density at radius 3 is 2.39 bits per heavy atom. The molecule has 6 nitrogen and oxygen atoms in total. The van der Waals surface area contributed by atoms with Gasteiger partial charge < -0.3 is 9.47 Å². The average Bonchev–Trinajstić information content (AvgIpc) is 2.75. The first-order valence-corrected chi connectivity index (χ1v) is 8.51. The van der Waals surface area contributed by atoms with Gasteiger partial charge in [0.2, 0.25) is 0 Å². The maximum Gasteiger partial charge on any atom is 0.416 e. The standard InChI is InChI=1S/C16H26N2O4S/c1-8-21-13(19)12-11(4)17-14(23-12)18(9-10(2)3)15(20)22-16(5,6)7/h10H,8-9H2,1-7H3. The van der Waals surface area contributed by atoms with Crippen LogP contribution < -0.4 is 4.90 Å². The van der Waals surface area contributed by atoms with Crippen molar-refractivity contribution in [2.24, 2.45) is 5.92 Å². The molecule has 1 heterocycles. The van der Waals surface area contributed by atoms with Crippen LogP contribution in [0.5, 0.6) is 0 Å². The molecule has 0 saturated carbocycles. The van der Waals surface area contributed by atoms with Gasteiger partial charge in [-0.05, 0) is 40.5 Å². The number of nitrogens with zero attached hydrogens (tertiary/aromatic N) is 2. The molecule has 7 heteroatoms. The lowest BCUT2D eigenvalue weighted by atomic mass is 10.2. The normalized spacial score (nSPS) is 11.5. The fourth-order valence-electron chi connectivity index (χ4n) is 1.80. The van der Waals surface area contributed by atoms with Crippen molar-refractivity contribution < 1.29 is 19.1 Å². The van der Waals surface area contributed by atoms with E-state index in [1.165, 1.54) is 4.90 Å². The van der Waals surface area contributed by atoms with E-state index >= 15 is 0 Å². The van der Waals surface area contributed by atoms with Gasteiger partial charge in [-0.3, -0.25) is 4.90 Å². The molecule has 0 radical (unpaired) electrons. The molecule has 23 heavy (non-hydrogen) atoms. The molecule has 1 aromatic heterocycles. The lowest BCUT2D eigenvalue weighted by molar-refractivity contribution is 0.0528. The van der Waals surface area contributed by atoms with E-state index in [1.54, 1.807) is 13.8 Å². The summed E-state index contributed by atoms with van der Waals surface area (Å²) in [5.74, 6) is -0.180. The van der Waals surface area contributed by atoms with Gasteiger partial charge in [0.25, 0.3) is 0 Å². The quantitative estimate of drug-likeness (QED) is 0.756. The summed E-state index contributed by atoms with van der Waals surface area (Å²) in [6.07, 6.45) is -0.463. The minimum Gasteiger partial charge on any atom is -0.462 e. The number of aryl methyl sites for hydroxylation is 1. The third kappa shape index (κ3) is 5.82. The minimum absolute atomic E-state index is 0.234. The van der Waals surface area contributed by atoms with Gasteiger partial charge in [0.15, 0.2) is 5.13 Å². The van der Waals surface area contributed by atoms with Gasteiger partial charge in [0, 0.05) is 6.54 Å². The number of anilines is 1. The van der Waals surface area contributed by atoms with E-state index < -0.39 is 17.7 Å². The second-order valence-electron chi connectivity index (χ2n) is 6.62. The Hall–Kier alpha value is -1.63. The fraction of sp³-hybridized carbons (Fsp3) is 0.688. The van der Waals surface area contributed by atoms with Crippen molar-refractivity contribution in [2.75, 3.05) is 18.1 Å². The van der Waals surface area contributed by atoms with E-state index in [0.717, 1.165) is 11.3 Å². The lowest BCUT2D eigenvalue weighted by Crippen LogP contribution is -2.39. The Labute approximate surface area is 141 Å². The van der Waals surface area contributed by atoms with Crippen LogP contribution in [0.1, 0.15) is 56.9 Å². The first-order chi connectivity index (χ1) is 10.5. The molecule has 130 valence electrons. The Bertz CT molecular complexity index is 561. The summed E-state index contributed by atoms with van der Waals surface area (Å²) in [5, 5.41) is 0.452. The number of thiazole rings is 1. The SMILES string of the molecule is CCOC(=O)c1sc(N(CC(C)C)C(=O)OC(C)(C)C)nc1C. The first-order valence-electron chi connectivity index (χ1n) is 7.70. The summed E-state index contributed by atoms with van der Waals surface area (Å²) < 4.78 is 10.5. The van der Waals surface area contributed by atoms with Crippen molar-refractivity contribution in [3.8, 4) is 0 Å². The summed E-state index contributed by atoms with van der Waals surface area (Å²) in [5.41, 5.74) is -0.0384. The predicted molar refractivity (Wildman–Crippen MR) is 91.2 cm³/mol. The number of esters is 1. The second-order valence-corrected chi connectivity index (χ2v) is 7.59. The molecule has 0 aliphatic carbocycles. The number of ether oxygens (including phenoxy) is 2. The molecule has 0 N–H and O–H groups in total. The smallest absolute Gasteiger partial charge is 0.416 e. The number of aromatic nitrogens is 1. The second kappa shape index (κ2) is 7.77. The van der Waals surface area contributed by atoms with Crippen LogP contribution in [0.2, 0.25) is 0 Å². The topological polar surface area (TPSA) is 68.7 Å². The zero-order valence-electron chi connectivity index (χ0n) is 14.9. The Kier molecular flexibility index (Phi) is 6.56. The predicted octanol–water partition coefficient (Wildman–Crippen LogP) is 4.03. The maximum absolute atomic E-state index is 12.5. The molecule has 0 saturated heterocycles. The summed E-state index contributed by atoms with van der Waals surface area (Å²) >= 11 is 1.15. The Balaban J connectivity index is 3.10. The number of carbonyl (C=O) groups is 2. The number of carbonyl (C=O) groups excluding carboxylic acids is 2. The molecule has 0 spiro atoms. The Morgan fingerprint density at radius 1 is 1.30 bits per heavy atom. The van der Waals surface area contributed by atoms with Crippen molar-refractivity contribution in [1.29, 1.82) is 0 Å². The highest BCUT2D eigenvalue weighted by Crippen LogP contribution is 2.28. The van der Waals surface area contributed by atoms with Crippen LogP contribution in [0.4, 0.5) is 9.93 Å². The van der Waals surface area contributed by atoms with E-state index in [-0.39, 0.29) is 5.92 Å². The molecule has 0 unspecified atom stereocenters. The first kappa shape index (κ1) is 19.4. The van der Waals surface area contributed by atoms with Gasteiger partial charge in [-0.1, -0.05) is 25.2 Å². The monoisotopic (exact) mass is 342 g/mol. The lowest BCUT2D eigenvalue weighted by Gasteiger charge is -2.26. The molecule has 1 amide bonds. The number of amides is 1. The van der Waals surface area contributed by atoms with E-state index in [0.29, 0.717) is 28.9 Å². The molecule has 0 bridgehead atoms. The summed E-state index contributed by atoms with van der Waals surface area (Å²) in [7, 11) is 0. The fourth-order valence-corrected chi connectivity index (χ4v) is 2.76.